The molecule has 1 aliphatic carbocycles. The summed E-state index contributed by atoms with van der Waals surface area (Å²) < 4.78 is 45.8. The van der Waals surface area contributed by atoms with Gasteiger partial charge in [0.2, 0.25) is 0 Å². The molecule has 0 amide bonds. The highest BCUT2D eigenvalue weighted by molar-refractivity contribution is 5.80. The molecule has 4 aromatic rings. The maximum absolute atomic E-state index is 13.3. The highest BCUT2D eigenvalue weighted by Gasteiger charge is 2.35. The van der Waals surface area contributed by atoms with Crippen LogP contribution in [0.25, 0.3) is 22.5 Å². The van der Waals surface area contributed by atoms with E-state index >= 15 is 0 Å². The molecule has 0 fully saturated rings. The van der Waals surface area contributed by atoms with Gasteiger partial charge in [-0.1, -0.05) is 48.5 Å². The molecule has 2 aromatic carbocycles. The lowest BCUT2D eigenvalue weighted by atomic mass is 9.95. The van der Waals surface area contributed by atoms with Crippen molar-refractivity contribution >= 4 is 0 Å². The molecule has 0 radical (unpaired) electrons. The Morgan fingerprint density at radius 3 is 2.42 bits per heavy atom. The van der Waals surface area contributed by atoms with Crippen molar-refractivity contribution in [2.24, 2.45) is 0 Å². The van der Waals surface area contributed by atoms with Crippen LogP contribution in [0.15, 0.2) is 54.6 Å². The number of nitrogens with zero attached hydrogens (tertiary/aromatic N) is 4. The number of rotatable bonds is 5. The second-order valence-corrected chi connectivity index (χ2v) is 7.92. The van der Waals surface area contributed by atoms with Gasteiger partial charge in [-0.15, -0.1) is 5.10 Å². The minimum atomic E-state index is -4.50. The summed E-state index contributed by atoms with van der Waals surface area (Å²) in [6.07, 6.45) is -1.51. The summed E-state index contributed by atoms with van der Waals surface area (Å²) in [4.78, 5) is 3.85. The number of fused-ring (bicyclic) bond motifs is 1. The average Bonchev–Trinajstić information content (AvgIpc) is 3.37. The van der Waals surface area contributed by atoms with Crippen LogP contribution in [0.1, 0.15) is 35.4 Å². The van der Waals surface area contributed by atoms with Gasteiger partial charge in [-0.2, -0.15) is 13.2 Å². The summed E-state index contributed by atoms with van der Waals surface area (Å²) in [7, 11) is 0. The predicted molar refractivity (Wildman–Crippen MR) is 115 cm³/mol. The number of hydrogen-bond donors (Lipinski definition) is 1. The van der Waals surface area contributed by atoms with Gasteiger partial charge in [-0.3, -0.25) is 0 Å². The van der Waals surface area contributed by atoms with E-state index in [1.165, 1.54) is 0 Å². The van der Waals surface area contributed by atoms with E-state index in [4.69, 9.17) is 4.74 Å². The SMILES string of the molecule is FC(F)(F)c1cc(OCc2ccc(-c3ccccc3-c3nnn[nH]3)cc2)c2c(n1)CCCC2. The van der Waals surface area contributed by atoms with Gasteiger partial charge in [0.05, 0.1) is 0 Å². The maximum atomic E-state index is 13.3. The fourth-order valence-electron chi connectivity index (χ4n) is 4.10. The smallest absolute Gasteiger partial charge is 0.433 e. The van der Waals surface area contributed by atoms with Crippen LogP contribution >= 0.6 is 0 Å². The summed E-state index contributed by atoms with van der Waals surface area (Å²) in [6.45, 7) is 0.168. The van der Waals surface area contributed by atoms with Gasteiger partial charge in [0, 0.05) is 22.9 Å². The number of hydrogen-bond acceptors (Lipinski definition) is 5. The number of nitrogens with one attached hydrogen (secondary N) is 1. The topological polar surface area (TPSA) is 76.6 Å². The third kappa shape index (κ3) is 4.44. The minimum Gasteiger partial charge on any atom is -0.488 e. The molecule has 1 N–H and O–H groups in total. The van der Waals surface area contributed by atoms with Crippen molar-refractivity contribution in [2.75, 3.05) is 0 Å². The second kappa shape index (κ2) is 8.65. The number of aromatic amines is 1. The van der Waals surface area contributed by atoms with Gasteiger partial charge in [0.1, 0.15) is 18.1 Å². The van der Waals surface area contributed by atoms with Gasteiger partial charge < -0.3 is 4.74 Å². The van der Waals surface area contributed by atoms with Gasteiger partial charge in [0.25, 0.3) is 0 Å². The first-order valence-electron chi connectivity index (χ1n) is 10.6. The summed E-state index contributed by atoms with van der Waals surface area (Å²) in [5, 5.41) is 14.0. The Kier molecular flexibility index (Phi) is 5.53. The monoisotopic (exact) mass is 451 g/mol. The molecule has 168 valence electrons. The molecule has 0 bridgehead atoms. The van der Waals surface area contributed by atoms with Crippen molar-refractivity contribution in [3.8, 4) is 28.3 Å². The molecule has 0 unspecified atom stereocenters. The summed E-state index contributed by atoms with van der Waals surface area (Å²) >= 11 is 0. The lowest BCUT2D eigenvalue weighted by Gasteiger charge is -2.21. The molecular formula is C24H20F3N5O. The molecule has 5 rings (SSSR count). The molecule has 33 heavy (non-hydrogen) atoms. The van der Waals surface area contributed by atoms with Gasteiger partial charge >= 0.3 is 6.18 Å². The number of H-pyrrole nitrogens is 1. The lowest BCUT2D eigenvalue weighted by Crippen LogP contribution is -2.15. The second-order valence-electron chi connectivity index (χ2n) is 7.92. The van der Waals surface area contributed by atoms with E-state index in [2.05, 4.69) is 25.6 Å². The fourth-order valence-corrected chi connectivity index (χ4v) is 4.10. The Labute approximate surface area is 187 Å². The highest BCUT2D eigenvalue weighted by Crippen LogP contribution is 2.36. The molecular weight excluding hydrogens is 431 g/mol. The third-order valence-electron chi connectivity index (χ3n) is 5.74. The van der Waals surface area contributed by atoms with Crippen LogP contribution in [-0.2, 0) is 25.6 Å². The van der Waals surface area contributed by atoms with Crippen molar-refractivity contribution in [2.45, 2.75) is 38.5 Å². The van der Waals surface area contributed by atoms with Crippen molar-refractivity contribution in [1.29, 1.82) is 0 Å². The summed E-state index contributed by atoms with van der Waals surface area (Å²) in [5.74, 6) is 0.847. The molecule has 0 saturated heterocycles. The number of ether oxygens (including phenoxy) is 1. The third-order valence-corrected chi connectivity index (χ3v) is 5.74. The molecule has 0 spiro atoms. The van der Waals surface area contributed by atoms with Gasteiger partial charge in [-0.05, 0) is 52.8 Å². The molecule has 2 heterocycles. The zero-order valence-corrected chi connectivity index (χ0v) is 17.6. The van der Waals surface area contributed by atoms with Crippen LogP contribution in [0.4, 0.5) is 13.2 Å². The molecule has 2 aromatic heterocycles. The molecule has 0 saturated carbocycles. The van der Waals surface area contributed by atoms with E-state index in [0.29, 0.717) is 24.4 Å². The Bertz CT molecular complexity index is 1250. The van der Waals surface area contributed by atoms with Crippen molar-refractivity contribution in [1.82, 2.24) is 25.6 Å². The van der Waals surface area contributed by atoms with Crippen LogP contribution in [0.3, 0.4) is 0 Å². The zero-order valence-electron chi connectivity index (χ0n) is 17.6. The van der Waals surface area contributed by atoms with Gasteiger partial charge in [0.15, 0.2) is 5.82 Å². The quantitative estimate of drug-likeness (QED) is 0.439. The van der Waals surface area contributed by atoms with E-state index in [9.17, 15) is 13.2 Å². The first kappa shape index (κ1) is 21.1. The number of aromatic nitrogens is 5. The minimum absolute atomic E-state index is 0.168. The van der Waals surface area contributed by atoms with E-state index < -0.39 is 11.9 Å². The highest BCUT2D eigenvalue weighted by atomic mass is 19.4. The molecule has 0 atom stereocenters. The molecule has 0 aliphatic heterocycles. The maximum Gasteiger partial charge on any atom is 0.433 e. The van der Waals surface area contributed by atoms with Crippen LogP contribution in [0, 0.1) is 0 Å². The Morgan fingerprint density at radius 2 is 1.70 bits per heavy atom. The van der Waals surface area contributed by atoms with E-state index in [1.54, 1.807) is 0 Å². The van der Waals surface area contributed by atoms with Crippen LogP contribution < -0.4 is 4.74 Å². The first-order chi connectivity index (χ1) is 16.0. The molecule has 1 aliphatic rings. The van der Waals surface area contributed by atoms with Crippen molar-refractivity contribution in [3.05, 3.63) is 77.1 Å². The summed E-state index contributed by atoms with van der Waals surface area (Å²) in [5.41, 5.74) is 4.04. The fraction of sp³-hybridized carbons (Fsp3) is 0.250. The average molecular weight is 451 g/mol. The number of benzene rings is 2. The normalized spacial score (nSPS) is 13.5. The van der Waals surface area contributed by atoms with Crippen LogP contribution in [-0.4, -0.2) is 25.6 Å². The Morgan fingerprint density at radius 1 is 0.939 bits per heavy atom. The number of halogens is 3. The first-order valence-corrected chi connectivity index (χ1v) is 10.6. The lowest BCUT2D eigenvalue weighted by molar-refractivity contribution is -0.141. The van der Waals surface area contributed by atoms with Crippen molar-refractivity contribution in [3.63, 3.8) is 0 Å². The number of tetrazole rings is 1. The van der Waals surface area contributed by atoms with Crippen LogP contribution in [0.5, 0.6) is 5.75 Å². The Balaban J connectivity index is 1.38. The van der Waals surface area contributed by atoms with Crippen LogP contribution in [0.2, 0.25) is 0 Å². The van der Waals surface area contributed by atoms with E-state index in [-0.39, 0.29) is 12.4 Å². The largest absolute Gasteiger partial charge is 0.488 e. The zero-order chi connectivity index (χ0) is 22.8. The van der Waals surface area contributed by atoms with E-state index in [0.717, 1.165) is 46.7 Å². The number of aryl methyl sites for hydroxylation is 1. The number of pyridine rings is 1. The van der Waals surface area contributed by atoms with E-state index in [1.807, 2.05) is 48.5 Å². The van der Waals surface area contributed by atoms with Gasteiger partial charge in [-0.25, -0.2) is 10.1 Å². The predicted octanol–water partition coefficient (Wildman–Crippen LogP) is 5.41. The molecule has 6 nitrogen and oxygen atoms in total. The standard InChI is InChI=1S/C24H20F3N5O/c25-24(26,27)22-13-21(19-7-3-4-8-20(19)28-22)33-14-15-9-11-16(12-10-15)17-5-1-2-6-18(17)23-29-31-32-30-23/h1-2,5-6,9-13H,3-4,7-8,14H2,(H,29,30,31,32). The summed E-state index contributed by atoms with van der Waals surface area (Å²) in [6, 6.07) is 16.5. The molecule has 9 heteroatoms. The van der Waals surface area contributed by atoms with Crippen molar-refractivity contribution < 1.29 is 17.9 Å². The number of alkyl halides is 3. The Hall–Kier alpha value is -3.75.